The first-order valence-electron chi connectivity index (χ1n) is 1.66. The van der Waals surface area contributed by atoms with Gasteiger partial charge in [-0.05, 0) is 13.8 Å². The van der Waals surface area contributed by atoms with Crippen LogP contribution in [0.3, 0.4) is 0 Å². The van der Waals surface area contributed by atoms with Gasteiger partial charge in [0.25, 0.3) is 0 Å². The average Bonchev–Trinajstić information content (AvgIpc) is 1.36. The summed E-state index contributed by atoms with van der Waals surface area (Å²) in [6, 6.07) is 0. The van der Waals surface area contributed by atoms with Crippen molar-refractivity contribution in [1.82, 2.24) is 0 Å². The van der Waals surface area contributed by atoms with Crippen LogP contribution in [0.5, 0.6) is 0 Å². The van der Waals surface area contributed by atoms with Crippen molar-refractivity contribution in [3.05, 3.63) is 11.5 Å². The van der Waals surface area contributed by atoms with Crippen LogP contribution in [-0.4, -0.2) is 0 Å². The Morgan fingerprint density at radius 3 is 1.12 bits per heavy atom. The predicted molar refractivity (Wildman–Crippen MR) is 18.4 cm³/mol. The summed E-state index contributed by atoms with van der Waals surface area (Å²) in [5.41, 5.74) is 0.315. The number of hydrogen-bond acceptors (Lipinski definition) is 2. The van der Waals surface area contributed by atoms with Gasteiger partial charge in [0.1, 0.15) is 0 Å². The Kier molecular flexibility index (Phi) is 14.9. The molecule has 4 heteroatoms. The first kappa shape index (κ1) is 15.8. The van der Waals surface area contributed by atoms with Gasteiger partial charge in [-0.2, -0.15) is 0 Å². The summed E-state index contributed by atoms with van der Waals surface area (Å²) in [6.45, 7) is 2.99. The number of allylic oxidation sites excluding steroid dienone is 1. The predicted octanol–water partition coefficient (Wildman–Crippen LogP) is -7.03. The first-order valence-corrected chi connectivity index (χ1v) is 1.66. The van der Waals surface area contributed by atoms with Crippen LogP contribution in [0.15, 0.2) is 11.5 Å². The van der Waals surface area contributed by atoms with E-state index in [0.29, 0.717) is 5.57 Å². The van der Waals surface area contributed by atoms with Gasteiger partial charge < -0.3 is 10.2 Å². The van der Waals surface area contributed by atoms with Crippen LogP contribution in [0.1, 0.15) is 13.8 Å². The van der Waals surface area contributed by atoms with Crippen molar-refractivity contribution >= 4 is 0 Å². The van der Waals surface area contributed by atoms with Crippen LogP contribution in [0, 0.1) is 0 Å². The second-order valence-corrected chi connectivity index (χ2v) is 1.29. The van der Waals surface area contributed by atoms with Crippen molar-refractivity contribution in [2.75, 3.05) is 0 Å². The minimum absolute atomic E-state index is 0. The van der Waals surface area contributed by atoms with E-state index in [2.05, 4.69) is 0 Å². The van der Waals surface area contributed by atoms with E-state index < -0.39 is 5.95 Å². The molecule has 0 fully saturated rings. The molecule has 0 aromatic heterocycles. The Morgan fingerprint density at radius 2 is 1.12 bits per heavy atom. The molecule has 36 valence electrons. The molecule has 0 aromatic carbocycles. The topological polar surface area (TPSA) is 46.1 Å². The monoisotopic (exact) mass is 100 g/mol. The summed E-state index contributed by atoms with van der Waals surface area (Å²) < 4.78 is 0. The molecule has 0 saturated carbocycles. The molecule has 0 unspecified atom stereocenters. The van der Waals surface area contributed by atoms with E-state index in [1.807, 2.05) is 0 Å². The maximum Gasteiger partial charge on any atom is 1.00 e. The molecule has 0 aliphatic rings. The van der Waals surface area contributed by atoms with Crippen LogP contribution in [0.4, 0.5) is 0 Å². The van der Waals surface area contributed by atoms with E-state index in [1.54, 1.807) is 0 Å². The largest absolute Gasteiger partial charge is 1.00 e. The van der Waals surface area contributed by atoms with Gasteiger partial charge in [0, 0.05) is 0 Å². The average molecular weight is 100.0 g/mol. The second-order valence-electron chi connectivity index (χ2n) is 1.29. The maximum absolute atomic E-state index is 9.55. The Balaban J connectivity index is -0.000000125. The van der Waals surface area contributed by atoms with E-state index in [0.717, 1.165) is 0 Å². The minimum Gasteiger partial charge on any atom is -0.884 e. The van der Waals surface area contributed by atoms with Gasteiger partial charge in [-0.3, -0.25) is 0 Å². The van der Waals surface area contributed by atoms with Crippen molar-refractivity contribution < 1.29 is 47.9 Å². The zero-order valence-electron chi connectivity index (χ0n) is 5.82. The van der Waals surface area contributed by atoms with E-state index in [1.165, 1.54) is 13.8 Å². The van der Waals surface area contributed by atoms with Crippen molar-refractivity contribution in [3.63, 3.8) is 0 Å². The quantitative estimate of drug-likeness (QED) is 0.224. The summed E-state index contributed by atoms with van der Waals surface area (Å²) in [7, 11) is 0. The van der Waals surface area contributed by atoms with E-state index in [-0.39, 0.29) is 37.7 Å². The van der Waals surface area contributed by atoms with E-state index in [4.69, 9.17) is 0 Å². The second kappa shape index (κ2) is 7.53. The molecule has 0 bridgehead atoms. The molecule has 2 nitrogen and oxygen atoms in total. The van der Waals surface area contributed by atoms with Gasteiger partial charge in [0.05, 0.1) is 0 Å². The van der Waals surface area contributed by atoms with Crippen LogP contribution >= 0.6 is 0 Å². The smallest absolute Gasteiger partial charge is 0.884 e. The zero-order chi connectivity index (χ0) is 5.15. The fraction of sp³-hybridized carbons (Fsp3) is 0.500. The number of hydrogen-bond donors (Lipinski definition) is 0. The number of rotatable bonds is 0. The van der Waals surface area contributed by atoms with Crippen LogP contribution in [0.25, 0.3) is 0 Å². The molecule has 0 saturated heterocycles. The van der Waals surface area contributed by atoms with Crippen molar-refractivity contribution in [1.29, 1.82) is 0 Å². The van der Waals surface area contributed by atoms with Gasteiger partial charge in [0.15, 0.2) is 0 Å². The summed E-state index contributed by atoms with van der Waals surface area (Å²) in [6.07, 6.45) is 0. The molecule has 0 atom stereocenters. The van der Waals surface area contributed by atoms with E-state index >= 15 is 0 Å². The molecule has 0 radical (unpaired) electrons. The van der Waals surface area contributed by atoms with Gasteiger partial charge in [-0.1, -0.05) is 5.57 Å². The zero-order valence-corrected chi connectivity index (χ0v) is 5.82. The van der Waals surface area contributed by atoms with Gasteiger partial charge in [-0.25, -0.2) is 5.95 Å². The summed E-state index contributed by atoms with van der Waals surface area (Å²) >= 11 is 0. The molecule has 0 amide bonds. The Labute approximate surface area is 73.3 Å². The molecule has 0 aliphatic carbocycles. The Hall–Kier alpha value is 0.535. The standard InChI is InChI=1S/C4H8O2.2Li/c1-3(2)4(5)6;;/h5-6H,1-2H3;;/q;2*+1/p-2. The molecule has 0 rings (SSSR count). The third-order valence-corrected chi connectivity index (χ3v) is 0.408. The molecule has 0 aromatic rings. The minimum atomic E-state index is -1.07. The van der Waals surface area contributed by atoms with Gasteiger partial charge in [0.2, 0.25) is 0 Å². The molecule has 0 aliphatic heterocycles. The summed E-state index contributed by atoms with van der Waals surface area (Å²) in [5.74, 6) is -1.07. The van der Waals surface area contributed by atoms with Crippen LogP contribution in [-0.2, 0) is 0 Å². The van der Waals surface area contributed by atoms with Crippen LogP contribution < -0.4 is 47.9 Å². The Morgan fingerprint density at radius 1 is 1.00 bits per heavy atom. The SMILES string of the molecule is CC(C)=C([O-])[O-].[Li+].[Li+]. The van der Waals surface area contributed by atoms with Crippen molar-refractivity contribution in [2.45, 2.75) is 13.8 Å². The van der Waals surface area contributed by atoms with Crippen molar-refractivity contribution in [3.8, 4) is 0 Å². The molecule has 0 heterocycles. The summed E-state index contributed by atoms with van der Waals surface area (Å²) in [5, 5.41) is 19.1. The van der Waals surface area contributed by atoms with Crippen LogP contribution in [0.2, 0.25) is 0 Å². The molecule has 0 N–H and O–H groups in total. The van der Waals surface area contributed by atoms with E-state index in [9.17, 15) is 10.2 Å². The third kappa shape index (κ3) is 9.73. The molecule has 8 heavy (non-hydrogen) atoms. The normalized spacial score (nSPS) is 5.75. The van der Waals surface area contributed by atoms with Gasteiger partial charge >= 0.3 is 37.7 Å². The van der Waals surface area contributed by atoms with Gasteiger partial charge in [-0.15, -0.1) is 0 Å². The van der Waals surface area contributed by atoms with Crippen molar-refractivity contribution in [2.24, 2.45) is 0 Å². The summed E-state index contributed by atoms with van der Waals surface area (Å²) in [4.78, 5) is 0. The Bertz CT molecular complexity index is 62.1. The fourth-order valence-corrected chi connectivity index (χ4v) is 0. The molecule has 0 spiro atoms. The first-order chi connectivity index (χ1) is 2.64. The maximum atomic E-state index is 9.55. The molecular formula is C4H6Li2O2. The third-order valence-electron chi connectivity index (χ3n) is 0.408. The molecular weight excluding hydrogens is 93.9 g/mol. The fourth-order valence-electron chi connectivity index (χ4n) is 0.